The number of halogens is 1. The molecule has 0 bridgehead atoms. The lowest BCUT2D eigenvalue weighted by Gasteiger charge is -2.08. The quantitative estimate of drug-likeness (QED) is 0.384. The van der Waals surface area contributed by atoms with Gasteiger partial charge in [0.2, 0.25) is 0 Å². The fraction of sp³-hybridized carbons (Fsp3) is 0.160. The van der Waals surface area contributed by atoms with Gasteiger partial charge < -0.3 is 9.88 Å². The third-order valence-electron chi connectivity index (χ3n) is 4.99. The Labute approximate surface area is 179 Å². The number of thioether (sulfide) groups is 1. The number of aryl methyl sites for hydroxylation is 1. The van der Waals surface area contributed by atoms with Crippen molar-refractivity contribution < 1.29 is 9.18 Å². The lowest BCUT2D eigenvalue weighted by atomic mass is 10.2. The van der Waals surface area contributed by atoms with E-state index in [0.29, 0.717) is 13.1 Å². The number of nitrogens with zero attached hydrogens (tertiary/aromatic N) is 1. The van der Waals surface area contributed by atoms with E-state index in [4.69, 9.17) is 0 Å². The molecule has 1 N–H and O–H groups in total. The van der Waals surface area contributed by atoms with Crippen LogP contribution in [-0.2, 0) is 12.3 Å². The van der Waals surface area contributed by atoms with Crippen molar-refractivity contribution in [3.8, 4) is 0 Å². The largest absolute Gasteiger partial charge is 0.350 e. The van der Waals surface area contributed by atoms with Gasteiger partial charge >= 0.3 is 0 Å². The third-order valence-corrected chi connectivity index (χ3v) is 6.10. The third kappa shape index (κ3) is 4.57. The van der Waals surface area contributed by atoms with E-state index in [-0.39, 0.29) is 5.56 Å². The maximum atomic E-state index is 13.8. The van der Waals surface area contributed by atoms with Crippen LogP contribution in [0.2, 0.25) is 0 Å². The Morgan fingerprint density at radius 2 is 1.83 bits per heavy atom. The van der Waals surface area contributed by atoms with Crippen LogP contribution in [0.1, 0.15) is 21.5 Å². The van der Waals surface area contributed by atoms with Gasteiger partial charge in [-0.15, -0.1) is 11.8 Å². The van der Waals surface area contributed by atoms with E-state index >= 15 is 0 Å². The fourth-order valence-electron chi connectivity index (χ4n) is 3.51. The molecule has 5 heteroatoms. The molecule has 1 heterocycles. The minimum Gasteiger partial charge on any atom is -0.350 e. The average molecular weight is 419 g/mol. The number of benzene rings is 3. The molecule has 3 nitrogen and oxygen atoms in total. The molecule has 0 unspecified atom stereocenters. The van der Waals surface area contributed by atoms with Gasteiger partial charge in [-0.25, -0.2) is 4.39 Å². The highest BCUT2D eigenvalue weighted by Crippen LogP contribution is 2.32. The molecule has 152 valence electrons. The van der Waals surface area contributed by atoms with Crippen LogP contribution in [0.15, 0.2) is 83.9 Å². The average Bonchev–Trinajstić information content (AvgIpc) is 3.10. The van der Waals surface area contributed by atoms with Gasteiger partial charge in [-0.3, -0.25) is 4.79 Å². The van der Waals surface area contributed by atoms with Crippen molar-refractivity contribution in [3.05, 3.63) is 102 Å². The number of carbonyl (C=O) groups is 1. The molecule has 30 heavy (non-hydrogen) atoms. The van der Waals surface area contributed by atoms with Crippen LogP contribution in [0.5, 0.6) is 0 Å². The monoisotopic (exact) mass is 418 g/mol. The van der Waals surface area contributed by atoms with Gasteiger partial charge in [-0.1, -0.05) is 60.2 Å². The Morgan fingerprint density at radius 1 is 1.03 bits per heavy atom. The number of fused-ring (bicyclic) bond motifs is 1. The van der Waals surface area contributed by atoms with Crippen molar-refractivity contribution in [2.45, 2.75) is 24.1 Å². The van der Waals surface area contributed by atoms with E-state index in [1.165, 1.54) is 33.5 Å². The highest BCUT2D eigenvalue weighted by atomic mass is 32.2. The Bertz CT molecular complexity index is 1180. The SMILES string of the molecule is Cc1cccc(CSc2cn(CCNC(=O)c3ccccc3F)c3ccccc23)c1. The first-order valence-corrected chi connectivity index (χ1v) is 10.9. The molecule has 3 aromatic carbocycles. The van der Waals surface area contributed by atoms with Gasteiger partial charge in [-0.05, 0) is 30.7 Å². The normalized spacial score (nSPS) is 11.0. The van der Waals surface area contributed by atoms with E-state index in [1.54, 1.807) is 12.1 Å². The van der Waals surface area contributed by atoms with Crippen LogP contribution in [0.25, 0.3) is 10.9 Å². The molecule has 0 saturated carbocycles. The molecule has 0 aliphatic carbocycles. The Hall–Kier alpha value is -3.05. The van der Waals surface area contributed by atoms with Crippen molar-refractivity contribution in [1.29, 1.82) is 0 Å². The Kier molecular flexibility index (Phi) is 6.19. The molecule has 0 spiro atoms. The van der Waals surface area contributed by atoms with Gasteiger partial charge in [0.1, 0.15) is 5.82 Å². The lowest BCUT2D eigenvalue weighted by molar-refractivity contribution is 0.0948. The zero-order chi connectivity index (χ0) is 20.9. The summed E-state index contributed by atoms with van der Waals surface area (Å²) in [5, 5.41) is 4.02. The second kappa shape index (κ2) is 9.18. The number of rotatable bonds is 7. The maximum absolute atomic E-state index is 13.8. The summed E-state index contributed by atoms with van der Waals surface area (Å²) < 4.78 is 15.9. The first-order valence-electron chi connectivity index (χ1n) is 9.91. The molecule has 0 aliphatic heterocycles. The Balaban J connectivity index is 1.45. The number of hydrogen-bond donors (Lipinski definition) is 1. The fourth-order valence-corrected chi connectivity index (χ4v) is 4.54. The molecule has 4 rings (SSSR count). The minimum absolute atomic E-state index is 0.0734. The van der Waals surface area contributed by atoms with Gasteiger partial charge in [0.05, 0.1) is 5.56 Å². The summed E-state index contributed by atoms with van der Waals surface area (Å²) in [5.41, 5.74) is 3.77. The highest BCUT2D eigenvalue weighted by molar-refractivity contribution is 7.98. The molecule has 0 aliphatic rings. The molecule has 0 radical (unpaired) electrons. The van der Waals surface area contributed by atoms with Crippen LogP contribution in [0.3, 0.4) is 0 Å². The molecular formula is C25H23FN2OS. The number of nitrogens with one attached hydrogen (secondary N) is 1. The van der Waals surface area contributed by atoms with E-state index in [1.807, 2.05) is 23.9 Å². The molecule has 0 saturated heterocycles. The molecule has 4 aromatic rings. The van der Waals surface area contributed by atoms with Crippen molar-refractivity contribution in [2.75, 3.05) is 6.54 Å². The summed E-state index contributed by atoms with van der Waals surface area (Å²) in [5.74, 6) is 0.00884. The molecule has 0 fully saturated rings. The van der Waals surface area contributed by atoms with E-state index in [2.05, 4.69) is 59.4 Å². The van der Waals surface area contributed by atoms with Crippen molar-refractivity contribution in [3.63, 3.8) is 0 Å². The summed E-state index contributed by atoms with van der Waals surface area (Å²) in [4.78, 5) is 13.5. The minimum atomic E-state index is -0.503. The molecular weight excluding hydrogens is 395 g/mol. The van der Waals surface area contributed by atoms with Gasteiger partial charge in [0.15, 0.2) is 0 Å². The lowest BCUT2D eigenvalue weighted by Crippen LogP contribution is -2.27. The number of carbonyl (C=O) groups excluding carboxylic acids is 1. The zero-order valence-electron chi connectivity index (χ0n) is 16.8. The summed E-state index contributed by atoms with van der Waals surface area (Å²) in [6.45, 7) is 3.15. The number of aromatic nitrogens is 1. The molecule has 0 atom stereocenters. The van der Waals surface area contributed by atoms with Crippen LogP contribution in [-0.4, -0.2) is 17.0 Å². The standard InChI is InChI=1S/C25H23FN2OS/c1-18-7-6-8-19(15-18)17-30-24-16-28(23-12-5-3-10-21(23)24)14-13-27-25(29)20-9-2-4-11-22(20)26/h2-12,15-16H,13-14,17H2,1H3,(H,27,29). The summed E-state index contributed by atoms with van der Waals surface area (Å²) >= 11 is 1.81. The van der Waals surface area contributed by atoms with Crippen LogP contribution in [0, 0.1) is 12.7 Å². The topological polar surface area (TPSA) is 34.0 Å². The molecule has 1 aromatic heterocycles. The predicted octanol–water partition coefficient (Wildman–Crippen LogP) is 5.81. The molecule has 1 amide bonds. The van der Waals surface area contributed by atoms with Crippen molar-refractivity contribution in [2.24, 2.45) is 0 Å². The number of amides is 1. The Morgan fingerprint density at radius 3 is 2.67 bits per heavy atom. The smallest absolute Gasteiger partial charge is 0.254 e. The number of hydrogen-bond acceptors (Lipinski definition) is 2. The summed E-state index contributed by atoms with van der Waals surface area (Å²) in [6.07, 6.45) is 2.14. The van der Waals surface area contributed by atoms with Crippen LogP contribution < -0.4 is 5.32 Å². The van der Waals surface area contributed by atoms with E-state index in [0.717, 1.165) is 11.3 Å². The van der Waals surface area contributed by atoms with Gasteiger partial charge in [-0.2, -0.15) is 0 Å². The van der Waals surface area contributed by atoms with E-state index < -0.39 is 11.7 Å². The first-order chi connectivity index (χ1) is 14.6. The summed E-state index contributed by atoms with van der Waals surface area (Å²) in [6, 6.07) is 22.9. The maximum Gasteiger partial charge on any atom is 0.254 e. The first kappa shape index (κ1) is 20.2. The van der Waals surface area contributed by atoms with Gasteiger partial charge in [0.25, 0.3) is 5.91 Å². The van der Waals surface area contributed by atoms with Crippen molar-refractivity contribution in [1.82, 2.24) is 9.88 Å². The van der Waals surface area contributed by atoms with Crippen LogP contribution >= 0.6 is 11.8 Å². The highest BCUT2D eigenvalue weighted by Gasteiger charge is 2.12. The second-order valence-corrected chi connectivity index (χ2v) is 8.23. The predicted molar refractivity (Wildman–Crippen MR) is 121 cm³/mol. The zero-order valence-corrected chi connectivity index (χ0v) is 17.6. The van der Waals surface area contributed by atoms with Crippen molar-refractivity contribution >= 4 is 28.6 Å². The number of para-hydroxylation sites is 1. The van der Waals surface area contributed by atoms with E-state index in [9.17, 15) is 9.18 Å². The summed E-state index contributed by atoms with van der Waals surface area (Å²) in [7, 11) is 0. The van der Waals surface area contributed by atoms with Crippen LogP contribution in [0.4, 0.5) is 4.39 Å². The second-order valence-electron chi connectivity index (χ2n) is 7.22. The van der Waals surface area contributed by atoms with Gasteiger partial charge in [0, 0.05) is 40.8 Å².